The van der Waals surface area contributed by atoms with Gasteiger partial charge in [-0.3, -0.25) is 9.69 Å². The molecule has 18 heavy (non-hydrogen) atoms. The van der Waals surface area contributed by atoms with Gasteiger partial charge in [0.2, 0.25) is 5.91 Å². The zero-order valence-electron chi connectivity index (χ0n) is 10.6. The zero-order valence-corrected chi connectivity index (χ0v) is 10.6. The molecule has 0 saturated carbocycles. The molecule has 1 aliphatic heterocycles. The van der Waals surface area contributed by atoms with E-state index in [2.05, 4.69) is 5.32 Å². The van der Waals surface area contributed by atoms with E-state index in [1.807, 2.05) is 17.9 Å². The molecule has 2 heterocycles. The van der Waals surface area contributed by atoms with Crippen LogP contribution in [-0.4, -0.2) is 41.7 Å². The number of nitrogens with zero attached hydrogens (tertiary/aromatic N) is 1. The highest BCUT2D eigenvalue weighted by atomic mass is 16.3. The standard InChI is InChI=1S/C13H20N2O3/c1-10(12-5-3-7-18-12)14-13(17)8-15-6-2-4-11(15)9-16/h3,5,7,10-11,16H,2,4,6,8-9H2,1H3,(H,14,17)/t10?,11-/m0/s1. The molecule has 0 spiro atoms. The smallest absolute Gasteiger partial charge is 0.234 e. The molecule has 1 aliphatic rings. The van der Waals surface area contributed by atoms with E-state index in [1.54, 1.807) is 12.3 Å². The molecule has 0 aromatic carbocycles. The lowest BCUT2D eigenvalue weighted by Crippen LogP contribution is -2.41. The van der Waals surface area contributed by atoms with Gasteiger partial charge < -0.3 is 14.8 Å². The summed E-state index contributed by atoms with van der Waals surface area (Å²) in [6, 6.07) is 3.66. The highest BCUT2D eigenvalue weighted by Crippen LogP contribution is 2.16. The van der Waals surface area contributed by atoms with E-state index in [1.165, 1.54) is 0 Å². The second-order valence-electron chi connectivity index (χ2n) is 4.75. The molecular formula is C13H20N2O3. The van der Waals surface area contributed by atoms with Crippen LogP contribution < -0.4 is 5.32 Å². The number of nitrogens with one attached hydrogen (secondary N) is 1. The predicted octanol–water partition coefficient (Wildman–Crippen LogP) is 0.913. The van der Waals surface area contributed by atoms with Crippen LogP contribution in [0.2, 0.25) is 0 Å². The largest absolute Gasteiger partial charge is 0.467 e. The summed E-state index contributed by atoms with van der Waals surface area (Å²) in [5.41, 5.74) is 0. The van der Waals surface area contributed by atoms with Gasteiger partial charge in [0, 0.05) is 6.04 Å². The van der Waals surface area contributed by atoms with Gasteiger partial charge in [-0.2, -0.15) is 0 Å². The Morgan fingerprint density at radius 1 is 1.72 bits per heavy atom. The third-order valence-electron chi connectivity index (χ3n) is 3.40. The lowest BCUT2D eigenvalue weighted by atomic mass is 10.2. The van der Waals surface area contributed by atoms with Crippen molar-refractivity contribution in [1.82, 2.24) is 10.2 Å². The van der Waals surface area contributed by atoms with Crippen molar-refractivity contribution in [3.8, 4) is 0 Å². The van der Waals surface area contributed by atoms with Gasteiger partial charge in [0.15, 0.2) is 0 Å². The van der Waals surface area contributed by atoms with E-state index in [-0.39, 0.29) is 24.6 Å². The molecule has 1 fully saturated rings. The Bertz CT molecular complexity index is 378. The number of furan rings is 1. The van der Waals surface area contributed by atoms with Crippen LogP contribution in [-0.2, 0) is 4.79 Å². The monoisotopic (exact) mass is 252 g/mol. The molecular weight excluding hydrogens is 232 g/mol. The molecule has 2 N–H and O–H groups in total. The summed E-state index contributed by atoms with van der Waals surface area (Å²) in [6.45, 7) is 3.25. The number of hydrogen-bond acceptors (Lipinski definition) is 4. The summed E-state index contributed by atoms with van der Waals surface area (Å²) in [5.74, 6) is 0.725. The Hall–Kier alpha value is -1.33. The van der Waals surface area contributed by atoms with Crippen molar-refractivity contribution in [2.24, 2.45) is 0 Å². The van der Waals surface area contributed by atoms with Crippen LogP contribution in [0, 0.1) is 0 Å². The third kappa shape index (κ3) is 3.11. The minimum Gasteiger partial charge on any atom is -0.467 e. The molecule has 1 unspecified atom stereocenters. The normalized spacial score (nSPS) is 22.0. The van der Waals surface area contributed by atoms with Gasteiger partial charge in [0.25, 0.3) is 0 Å². The Balaban J connectivity index is 1.81. The summed E-state index contributed by atoms with van der Waals surface area (Å²) < 4.78 is 5.24. The summed E-state index contributed by atoms with van der Waals surface area (Å²) in [4.78, 5) is 13.9. The number of carbonyl (C=O) groups is 1. The van der Waals surface area contributed by atoms with Gasteiger partial charge >= 0.3 is 0 Å². The van der Waals surface area contributed by atoms with Crippen LogP contribution in [0.1, 0.15) is 31.6 Å². The summed E-state index contributed by atoms with van der Waals surface area (Å²) in [6.07, 6.45) is 3.62. The summed E-state index contributed by atoms with van der Waals surface area (Å²) >= 11 is 0. The molecule has 1 aromatic heterocycles. The fraction of sp³-hybridized carbons (Fsp3) is 0.615. The van der Waals surface area contributed by atoms with Crippen molar-refractivity contribution in [2.75, 3.05) is 19.7 Å². The second-order valence-corrected chi connectivity index (χ2v) is 4.75. The molecule has 1 saturated heterocycles. The van der Waals surface area contributed by atoms with Gasteiger partial charge in [-0.1, -0.05) is 0 Å². The van der Waals surface area contributed by atoms with Crippen LogP contribution in [0.3, 0.4) is 0 Å². The first-order valence-corrected chi connectivity index (χ1v) is 6.38. The fourth-order valence-corrected chi connectivity index (χ4v) is 2.39. The number of aliphatic hydroxyl groups is 1. The molecule has 0 bridgehead atoms. The molecule has 2 rings (SSSR count). The minimum atomic E-state index is -0.123. The first-order chi connectivity index (χ1) is 8.70. The lowest BCUT2D eigenvalue weighted by Gasteiger charge is -2.22. The van der Waals surface area contributed by atoms with E-state index < -0.39 is 0 Å². The summed E-state index contributed by atoms with van der Waals surface area (Å²) in [5, 5.41) is 12.1. The fourth-order valence-electron chi connectivity index (χ4n) is 2.39. The molecule has 5 heteroatoms. The van der Waals surface area contributed by atoms with Crippen LogP contribution >= 0.6 is 0 Å². The quantitative estimate of drug-likeness (QED) is 0.817. The number of aliphatic hydroxyl groups excluding tert-OH is 1. The van der Waals surface area contributed by atoms with Crippen molar-refractivity contribution in [2.45, 2.75) is 31.8 Å². The van der Waals surface area contributed by atoms with E-state index >= 15 is 0 Å². The first kappa shape index (κ1) is 13.1. The summed E-state index contributed by atoms with van der Waals surface area (Å²) in [7, 11) is 0. The number of rotatable bonds is 5. The topological polar surface area (TPSA) is 65.7 Å². The predicted molar refractivity (Wildman–Crippen MR) is 66.9 cm³/mol. The Kier molecular flexibility index (Phi) is 4.38. The average molecular weight is 252 g/mol. The van der Waals surface area contributed by atoms with Crippen LogP contribution in [0.15, 0.2) is 22.8 Å². The molecule has 100 valence electrons. The van der Waals surface area contributed by atoms with Gasteiger partial charge in [0.05, 0.1) is 25.5 Å². The molecule has 0 radical (unpaired) electrons. The molecule has 2 atom stereocenters. The van der Waals surface area contributed by atoms with Gasteiger partial charge in [-0.05, 0) is 38.4 Å². The van der Waals surface area contributed by atoms with Gasteiger partial charge in [0.1, 0.15) is 5.76 Å². The number of likely N-dealkylation sites (tertiary alicyclic amines) is 1. The van der Waals surface area contributed by atoms with E-state index in [4.69, 9.17) is 4.42 Å². The highest BCUT2D eigenvalue weighted by molar-refractivity contribution is 5.78. The molecule has 0 aliphatic carbocycles. The van der Waals surface area contributed by atoms with Gasteiger partial charge in [-0.15, -0.1) is 0 Å². The first-order valence-electron chi connectivity index (χ1n) is 6.38. The van der Waals surface area contributed by atoms with Crippen LogP contribution in [0.4, 0.5) is 0 Å². The Labute approximate surface area is 107 Å². The Morgan fingerprint density at radius 3 is 3.22 bits per heavy atom. The Morgan fingerprint density at radius 2 is 2.56 bits per heavy atom. The number of amides is 1. The van der Waals surface area contributed by atoms with Gasteiger partial charge in [-0.25, -0.2) is 0 Å². The second kappa shape index (κ2) is 6.02. The number of carbonyl (C=O) groups excluding carboxylic acids is 1. The van der Waals surface area contributed by atoms with E-state index in [9.17, 15) is 9.90 Å². The number of hydrogen-bond donors (Lipinski definition) is 2. The van der Waals surface area contributed by atoms with Crippen molar-refractivity contribution in [1.29, 1.82) is 0 Å². The highest BCUT2D eigenvalue weighted by Gasteiger charge is 2.25. The zero-order chi connectivity index (χ0) is 13.0. The van der Waals surface area contributed by atoms with Crippen molar-refractivity contribution < 1.29 is 14.3 Å². The van der Waals surface area contributed by atoms with Crippen LogP contribution in [0.25, 0.3) is 0 Å². The van der Waals surface area contributed by atoms with Crippen molar-refractivity contribution in [3.63, 3.8) is 0 Å². The van der Waals surface area contributed by atoms with E-state index in [0.29, 0.717) is 6.54 Å². The maximum absolute atomic E-state index is 11.9. The van der Waals surface area contributed by atoms with Crippen LogP contribution in [0.5, 0.6) is 0 Å². The maximum Gasteiger partial charge on any atom is 0.234 e. The minimum absolute atomic E-state index is 0.0285. The molecule has 1 aromatic rings. The lowest BCUT2D eigenvalue weighted by molar-refractivity contribution is -0.123. The molecule has 1 amide bonds. The van der Waals surface area contributed by atoms with Crippen molar-refractivity contribution >= 4 is 5.91 Å². The van der Waals surface area contributed by atoms with E-state index in [0.717, 1.165) is 25.1 Å². The maximum atomic E-state index is 11.9. The third-order valence-corrected chi connectivity index (χ3v) is 3.40. The SMILES string of the molecule is CC(NC(=O)CN1CCC[C@H]1CO)c1ccco1. The molecule has 5 nitrogen and oxygen atoms in total. The average Bonchev–Trinajstić information content (AvgIpc) is 2.98. The van der Waals surface area contributed by atoms with Crippen molar-refractivity contribution in [3.05, 3.63) is 24.2 Å².